The van der Waals surface area contributed by atoms with Gasteiger partial charge in [-0.25, -0.2) is 0 Å². The summed E-state index contributed by atoms with van der Waals surface area (Å²) < 4.78 is 12.0. The molecule has 1 aliphatic carbocycles. The number of hydrogen-bond donors (Lipinski definition) is 0. The fraction of sp³-hybridized carbons (Fsp3) is 0.800. The number of epoxide rings is 2. The lowest BCUT2D eigenvalue weighted by molar-refractivity contribution is 0.273. The average molecular weight is 304 g/mol. The van der Waals surface area contributed by atoms with E-state index in [-0.39, 0.29) is 11.2 Å². The smallest absolute Gasteiger partial charge is 0.110 e. The highest BCUT2D eigenvalue weighted by Crippen LogP contribution is 2.46. The first-order chi connectivity index (χ1) is 10.3. The molecule has 0 aromatic carbocycles. The van der Waals surface area contributed by atoms with Gasteiger partial charge in [0, 0.05) is 0 Å². The zero-order valence-electron chi connectivity index (χ0n) is 14.9. The number of allylic oxidation sites excluding steroid dienone is 2. The topological polar surface area (TPSA) is 25.1 Å². The Bertz CT molecular complexity index is 478. The van der Waals surface area contributed by atoms with E-state index < -0.39 is 0 Å². The molecular formula is C20H32O2. The van der Waals surface area contributed by atoms with Gasteiger partial charge in [-0.15, -0.1) is 0 Å². The standard InChI is InChI=1S/C20H32O2/c1-14(2)16-10-12-19(4)17(21-19)8-6-15(3)7-9-18-20(5,22-18)13-11-16/h6,10,12,14,16-18H,7-9,11,13H2,1-5H3/b12-10+,15-6+/t16-,17+,18?,19-,20?/m0/s1. The molecule has 0 aromatic heterocycles. The van der Waals surface area contributed by atoms with Crippen LogP contribution in [0.4, 0.5) is 0 Å². The second kappa shape index (κ2) is 5.79. The second-order valence-corrected chi connectivity index (χ2v) is 8.34. The first kappa shape index (κ1) is 16.3. The van der Waals surface area contributed by atoms with Crippen LogP contribution >= 0.6 is 0 Å². The maximum Gasteiger partial charge on any atom is 0.110 e. The van der Waals surface area contributed by atoms with E-state index in [0.29, 0.717) is 24.0 Å². The van der Waals surface area contributed by atoms with Gasteiger partial charge in [-0.3, -0.25) is 0 Å². The molecule has 0 bridgehead atoms. The van der Waals surface area contributed by atoms with Crippen molar-refractivity contribution in [2.75, 3.05) is 0 Å². The molecule has 0 saturated carbocycles. The van der Waals surface area contributed by atoms with Crippen molar-refractivity contribution in [1.29, 1.82) is 0 Å². The lowest BCUT2D eigenvalue weighted by Crippen LogP contribution is -2.16. The minimum absolute atomic E-state index is 0.0312. The minimum Gasteiger partial charge on any atom is -0.366 e. The predicted octanol–water partition coefficient (Wildman–Crippen LogP) is 5.04. The zero-order chi connectivity index (χ0) is 16.0. The van der Waals surface area contributed by atoms with Gasteiger partial charge < -0.3 is 9.47 Å². The van der Waals surface area contributed by atoms with Crippen molar-refractivity contribution in [3.05, 3.63) is 23.8 Å². The van der Waals surface area contributed by atoms with Gasteiger partial charge in [-0.1, -0.05) is 37.6 Å². The van der Waals surface area contributed by atoms with Crippen LogP contribution in [0.25, 0.3) is 0 Å². The Labute approximate surface area is 136 Å². The monoisotopic (exact) mass is 304 g/mol. The van der Waals surface area contributed by atoms with Crippen molar-refractivity contribution >= 4 is 0 Å². The van der Waals surface area contributed by atoms with E-state index in [1.807, 2.05) is 0 Å². The van der Waals surface area contributed by atoms with Crippen molar-refractivity contribution in [1.82, 2.24) is 0 Å². The third-order valence-electron chi connectivity index (χ3n) is 6.00. The summed E-state index contributed by atoms with van der Waals surface area (Å²) in [6.45, 7) is 11.4. The summed E-state index contributed by atoms with van der Waals surface area (Å²) in [5.41, 5.74) is 1.58. The van der Waals surface area contributed by atoms with Gasteiger partial charge >= 0.3 is 0 Å². The molecule has 2 unspecified atom stereocenters. The van der Waals surface area contributed by atoms with Crippen LogP contribution in [0, 0.1) is 11.8 Å². The van der Waals surface area contributed by atoms with Crippen molar-refractivity contribution in [2.45, 2.75) is 90.1 Å². The molecule has 2 saturated heterocycles. The van der Waals surface area contributed by atoms with E-state index in [2.05, 4.69) is 52.8 Å². The quantitative estimate of drug-likeness (QED) is 0.501. The van der Waals surface area contributed by atoms with Crippen molar-refractivity contribution in [2.24, 2.45) is 11.8 Å². The highest BCUT2D eigenvalue weighted by Gasteiger charge is 2.52. The Hall–Kier alpha value is -0.600. The van der Waals surface area contributed by atoms with E-state index in [9.17, 15) is 0 Å². The van der Waals surface area contributed by atoms with E-state index in [0.717, 1.165) is 12.8 Å². The van der Waals surface area contributed by atoms with Crippen LogP contribution in [0.15, 0.2) is 23.8 Å². The Morgan fingerprint density at radius 2 is 1.91 bits per heavy atom. The molecule has 22 heavy (non-hydrogen) atoms. The molecule has 2 nitrogen and oxygen atoms in total. The molecule has 0 aromatic rings. The summed E-state index contributed by atoms with van der Waals surface area (Å²) in [5, 5.41) is 0. The Balaban J connectivity index is 1.73. The van der Waals surface area contributed by atoms with Crippen LogP contribution < -0.4 is 0 Å². The largest absolute Gasteiger partial charge is 0.366 e. The second-order valence-electron chi connectivity index (χ2n) is 8.34. The van der Waals surface area contributed by atoms with Crippen molar-refractivity contribution in [3.8, 4) is 0 Å². The first-order valence-corrected chi connectivity index (χ1v) is 9.03. The first-order valence-electron chi connectivity index (χ1n) is 9.03. The van der Waals surface area contributed by atoms with Gasteiger partial charge in [0.05, 0.1) is 17.8 Å². The summed E-state index contributed by atoms with van der Waals surface area (Å²) in [5.74, 6) is 1.30. The molecular weight excluding hydrogens is 272 g/mol. The molecule has 0 spiro atoms. The average Bonchev–Trinajstić information content (AvgIpc) is 3.30. The SMILES string of the molecule is C/C1=C\C[C@H]2O[C@@]2(C)/C=C/[C@H](C(C)C)CCC2(C)OC2CC1. The van der Waals surface area contributed by atoms with Gasteiger partial charge in [-0.05, 0) is 64.7 Å². The number of rotatable bonds is 1. The Morgan fingerprint density at radius 3 is 2.64 bits per heavy atom. The fourth-order valence-corrected chi connectivity index (χ4v) is 3.77. The fourth-order valence-electron chi connectivity index (χ4n) is 3.77. The summed E-state index contributed by atoms with van der Waals surface area (Å²) in [6.07, 6.45) is 13.7. The van der Waals surface area contributed by atoms with E-state index in [1.54, 1.807) is 0 Å². The molecule has 2 heterocycles. The van der Waals surface area contributed by atoms with E-state index >= 15 is 0 Å². The number of ether oxygens (including phenoxy) is 2. The minimum atomic E-state index is -0.0312. The number of fused-ring (bicyclic) bond motifs is 2. The third-order valence-corrected chi connectivity index (χ3v) is 6.00. The summed E-state index contributed by atoms with van der Waals surface area (Å²) in [7, 11) is 0. The molecule has 3 rings (SSSR count). The Kier molecular flexibility index (Phi) is 4.28. The molecule has 0 N–H and O–H groups in total. The summed E-state index contributed by atoms with van der Waals surface area (Å²) in [4.78, 5) is 0. The van der Waals surface area contributed by atoms with Crippen LogP contribution in [0.3, 0.4) is 0 Å². The normalized spacial score (nSPS) is 49.4. The molecule has 3 aliphatic rings. The lowest BCUT2D eigenvalue weighted by atomic mass is 9.85. The van der Waals surface area contributed by atoms with Gasteiger partial charge in [0.2, 0.25) is 0 Å². The van der Waals surface area contributed by atoms with E-state index in [4.69, 9.17) is 9.47 Å². The molecule has 2 aliphatic heterocycles. The van der Waals surface area contributed by atoms with Crippen molar-refractivity contribution < 1.29 is 9.47 Å². The molecule has 0 amide bonds. The summed E-state index contributed by atoms with van der Waals surface area (Å²) in [6, 6.07) is 0. The molecule has 0 radical (unpaired) electrons. The molecule has 2 heteroatoms. The van der Waals surface area contributed by atoms with Crippen molar-refractivity contribution in [3.63, 3.8) is 0 Å². The molecule has 5 atom stereocenters. The molecule has 124 valence electrons. The number of hydrogen-bond acceptors (Lipinski definition) is 2. The van der Waals surface area contributed by atoms with Gasteiger partial charge in [0.1, 0.15) is 5.60 Å². The highest BCUT2D eigenvalue weighted by atomic mass is 16.6. The van der Waals surface area contributed by atoms with Gasteiger partial charge in [-0.2, -0.15) is 0 Å². The third kappa shape index (κ3) is 3.49. The van der Waals surface area contributed by atoms with Crippen LogP contribution in [0.5, 0.6) is 0 Å². The zero-order valence-corrected chi connectivity index (χ0v) is 14.9. The van der Waals surface area contributed by atoms with Crippen LogP contribution in [-0.4, -0.2) is 23.4 Å². The van der Waals surface area contributed by atoms with Gasteiger partial charge in [0.25, 0.3) is 0 Å². The van der Waals surface area contributed by atoms with E-state index in [1.165, 1.54) is 24.8 Å². The van der Waals surface area contributed by atoms with Crippen LogP contribution in [-0.2, 0) is 9.47 Å². The van der Waals surface area contributed by atoms with Crippen LogP contribution in [0.1, 0.15) is 66.7 Å². The summed E-state index contributed by atoms with van der Waals surface area (Å²) >= 11 is 0. The highest BCUT2D eigenvalue weighted by molar-refractivity contribution is 5.18. The predicted molar refractivity (Wildman–Crippen MR) is 90.9 cm³/mol. The van der Waals surface area contributed by atoms with Gasteiger partial charge in [0.15, 0.2) is 0 Å². The molecule has 2 fully saturated rings. The lowest BCUT2D eigenvalue weighted by Gasteiger charge is -2.19. The maximum absolute atomic E-state index is 6.03. The maximum atomic E-state index is 6.03. The Morgan fingerprint density at radius 1 is 1.14 bits per heavy atom. The van der Waals surface area contributed by atoms with Crippen LogP contribution in [0.2, 0.25) is 0 Å².